The van der Waals surface area contributed by atoms with Gasteiger partial charge in [-0.25, -0.2) is 9.67 Å². The van der Waals surface area contributed by atoms with Crippen LogP contribution in [0.3, 0.4) is 0 Å². The van der Waals surface area contributed by atoms with E-state index in [-0.39, 0.29) is 5.82 Å². The smallest absolute Gasteiger partial charge is 0.399 e. The SMILES string of the molecule is CC1(C)OB(c2cnn(-c3cc(C(F)(F)F)ccn3)c2)OC1(C)C. The number of pyridine rings is 1. The van der Waals surface area contributed by atoms with Crippen LogP contribution in [0.25, 0.3) is 5.82 Å². The van der Waals surface area contributed by atoms with Crippen molar-refractivity contribution in [2.75, 3.05) is 0 Å². The Kier molecular flexibility index (Phi) is 3.76. The molecule has 2 aromatic heterocycles. The number of hydrogen-bond donors (Lipinski definition) is 0. The quantitative estimate of drug-likeness (QED) is 0.790. The predicted octanol–water partition coefficient (Wildman–Crippen LogP) is 2.59. The van der Waals surface area contributed by atoms with Crippen molar-refractivity contribution in [3.05, 3.63) is 36.3 Å². The number of nitrogens with zero attached hydrogens (tertiary/aromatic N) is 3. The van der Waals surface area contributed by atoms with Crippen LogP contribution < -0.4 is 5.46 Å². The molecule has 5 nitrogen and oxygen atoms in total. The number of aromatic nitrogens is 3. The summed E-state index contributed by atoms with van der Waals surface area (Å²) in [5.74, 6) is 0.0765. The van der Waals surface area contributed by atoms with Crippen molar-refractivity contribution in [3.63, 3.8) is 0 Å². The van der Waals surface area contributed by atoms with Gasteiger partial charge < -0.3 is 9.31 Å². The van der Waals surface area contributed by atoms with Gasteiger partial charge in [0.05, 0.1) is 16.8 Å². The fraction of sp³-hybridized carbons (Fsp3) is 0.467. The second-order valence-corrected chi connectivity index (χ2v) is 6.71. The number of hydrogen-bond acceptors (Lipinski definition) is 4. The highest BCUT2D eigenvalue weighted by Gasteiger charge is 2.52. The zero-order valence-corrected chi connectivity index (χ0v) is 13.8. The number of halogens is 3. The molecule has 24 heavy (non-hydrogen) atoms. The first-order valence-electron chi connectivity index (χ1n) is 7.43. The molecule has 3 rings (SSSR count). The minimum Gasteiger partial charge on any atom is -0.399 e. The van der Waals surface area contributed by atoms with Gasteiger partial charge in [-0.2, -0.15) is 18.3 Å². The lowest BCUT2D eigenvalue weighted by molar-refractivity contribution is -0.137. The van der Waals surface area contributed by atoms with E-state index >= 15 is 0 Å². The standard InChI is InChI=1S/C15H17BF3N3O2/c1-13(2)14(3,4)24-16(23-13)11-8-21-22(9-11)12-7-10(5-6-20-12)15(17,18)19/h5-9H,1-4H3. The van der Waals surface area contributed by atoms with Crippen LogP contribution in [0.5, 0.6) is 0 Å². The molecule has 1 fully saturated rings. The Morgan fingerprint density at radius 2 is 1.75 bits per heavy atom. The Labute approximate surface area is 137 Å². The molecule has 0 unspecified atom stereocenters. The van der Waals surface area contributed by atoms with E-state index in [9.17, 15) is 13.2 Å². The molecule has 9 heteroatoms. The zero-order chi connectivity index (χ0) is 17.8. The first kappa shape index (κ1) is 17.0. The molecule has 0 atom stereocenters. The summed E-state index contributed by atoms with van der Waals surface area (Å²) in [4.78, 5) is 3.94. The monoisotopic (exact) mass is 339 g/mol. The second-order valence-electron chi connectivity index (χ2n) is 6.71. The van der Waals surface area contributed by atoms with Gasteiger partial charge in [0.25, 0.3) is 0 Å². The molecule has 1 aliphatic rings. The minimum atomic E-state index is -4.43. The molecule has 1 aliphatic heterocycles. The Hall–Kier alpha value is -1.87. The van der Waals surface area contributed by atoms with Crippen molar-refractivity contribution in [2.24, 2.45) is 0 Å². The van der Waals surface area contributed by atoms with Gasteiger partial charge in [-0.15, -0.1) is 0 Å². The van der Waals surface area contributed by atoms with E-state index in [0.29, 0.717) is 5.46 Å². The van der Waals surface area contributed by atoms with Crippen molar-refractivity contribution in [1.29, 1.82) is 0 Å². The number of rotatable bonds is 2. The lowest BCUT2D eigenvalue weighted by atomic mass is 9.82. The summed E-state index contributed by atoms with van der Waals surface area (Å²) in [7, 11) is -0.630. The molecule has 0 aliphatic carbocycles. The molecule has 0 bridgehead atoms. The Morgan fingerprint density at radius 3 is 2.33 bits per heavy atom. The van der Waals surface area contributed by atoms with Crippen LogP contribution in [-0.2, 0) is 15.5 Å². The van der Waals surface area contributed by atoms with Gasteiger partial charge in [-0.1, -0.05) is 0 Å². The van der Waals surface area contributed by atoms with Gasteiger partial charge in [0.1, 0.15) is 0 Å². The molecule has 128 valence electrons. The summed E-state index contributed by atoms with van der Waals surface area (Å²) in [6.45, 7) is 7.69. The molecule has 0 aromatic carbocycles. The molecular weight excluding hydrogens is 322 g/mol. The third-order valence-corrected chi connectivity index (χ3v) is 4.44. The maximum absolute atomic E-state index is 12.8. The predicted molar refractivity (Wildman–Crippen MR) is 82.1 cm³/mol. The number of alkyl halides is 3. The summed E-state index contributed by atoms with van der Waals surface area (Å²) in [6.07, 6.45) is -0.261. The second kappa shape index (κ2) is 5.32. The van der Waals surface area contributed by atoms with Crippen LogP contribution in [0, 0.1) is 0 Å². The first-order chi connectivity index (χ1) is 11.0. The van der Waals surface area contributed by atoms with E-state index in [1.54, 1.807) is 6.20 Å². The van der Waals surface area contributed by atoms with E-state index in [1.165, 1.54) is 10.9 Å². The van der Waals surface area contributed by atoms with Gasteiger partial charge in [0.15, 0.2) is 5.82 Å². The molecule has 2 aromatic rings. The van der Waals surface area contributed by atoms with Gasteiger partial charge in [-0.3, -0.25) is 0 Å². The summed E-state index contributed by atoms with van der Waals surface area (Å²) < 4.78 is 51.5. The van der Waals surface area contributed by atoms with Crippen molar-refractivity contribution in [3.8, 4) is 5.82 Å². The van der Waals surface area contributed by atoms with E-state index < -0.39 is 30.1 Å². The maximum Gasteiger partial charge on any atom is 0.498 e. The van der Waals surface area contributed by atoms with Crippen molar-refractivity contribution < 1.29 is 22.5 Å². The van der Waals surface area contributed by atoms with Crippen molar-refractivity contribution in [1.82, 2.24) is 14.8 Å². The van der Waals surface area contributed by atoms with Gasteiger partial charge >= 0.3 is 13.3 Å². The molecular formula is C15H17BF3N3O2. The summed E-state index contributed by atoms with van der Waals surface area (Å²) in [6, 6.07) is 1.86. The van der Waals surface area contributed by atoms with Crippen LogP contribution in [0.1, 0.15) is 33.3 Å². The van der Waals surface area contributed by atoms with Crippen molar-refractivity contribution in [2.45, 2.75) is 45.1 Å². The lowest BCUT2D eigenvalue weighted by Gasteiger charge is -2.32. The van der Waals surface area contributed by atoms with Crippen LogP contribution in [0.2, 0.25) is 0 Å². The van der Waals surface area contributed by atoms with E-state index in [0.717, 1.165) is 18.3 Å². The van der Waals surface area contributed by atoms with E-state index in [2.05, 4.69) is 10.1 Å². The third-order valence-electron chi connectivity index (χ3n) is 4.44. The minimum absolute atomic E-state index is 0.0765. The first-order valence-corrected chi connectivity index (χ1v) is 7.43. The molecule has 0 spiro atoms. The van der Waals surface area contributed by atoms with Crippen LogP contribution >= 0.6 is 0 Å². The fourth-order valence-electron chi connectivity index (χ4n) is 2.28. The van der Waals surface area contributed by atoms with E-state index in [1.807, 2.05) is 27.7 Å². The Bertz CT molecular complexity index is 742. The molecule has 0 radical (unpaired) electrons. The summed E-state index contributed by atoms with van der Waals surface area (Å²) in [5, 5.41) is 4.08. The highest BCUT2D eigenvalue weighted by Crippen LogP contribution is 2.36. The summed E-state index contributed by atoms with van der Waals surface area (Å²) >= 11 is 0. The zero-order valence-electron chi connectivity index (χ0n) is 13.8. The average molecular weight is 339 g/mol. The normalized spacial score (nSPS) is 19.7. The third kappa shape index (κ3) is 2.93. The lowest BCUT2D eigenvalue weighted by Crippen LogP contribution is -2.41. The Morgan fingerprint density at radius 1 is 1.12 bits per heavy atom. The van der Waals surface area contributed by atoms with Gasteiger partial charge in [0, 0.05) is 24.1 Å². The van der Waals surface area contributed by atoms with E-state index in [4.69, 9.17) is 9.31 Å². The topological polar surface area (TPSA) is 49.2 Å². The molecule has 1 saturated heterocycles. The van der Waals surface area contributed by atoms with Crippen LogP contribution in [0.4, 0.5) is 13.2 Å². The average Bonchev–Trinajstić information content (AvgIpc) is 3.02. The van der Waals surface area contributed by atoms with Crippen LogP contribution in [-0.4, -0.2) is 33.1 Å². The molecule has 0 saturated carbocycles. The highest BCUT2D eigenvalue weighted by atomic mass is 19.4. The summed E-state index contributed by atoms with van der Waals surface area (Å²) in [5.41, 5.74) is -1.17. The highest BCUT2D eigenvalue weighted by molar-refractivity contribution is 6.62. The molecule has 0 amide bonds. The van der Waals surface area contributed by atoms with Gasteiger partial charge in [0.2, 0.25) is 0 Å². The van der Waals surface area contributed by atoms with Crippen molar-refractivity contribution >= 4 is 12.6 Å². The fourth-order valence-corrected chi connectivity index (χ4v) is 2.28. The largest absolute Gasteiger partial charge is 0.498 e. The van der Waals surface area contributed by atoms with Gasteiger partial charge in [-0.05, 0) is 39.8 Å². The molecule has 0 N–H and O–H groups in total. The molecule has 3 heterocycles. The Balaban J connectivity index is 1.87. The maximum atomic E-state index is 12.8. The van der Waals surface area contributed by atoms with Crippen LogP contribution in [0.15, 0.2) is 30.7 Å².